The van der Waals surface area contributed by atoms with Crippen LogP contribution in [0.2, 0.25) is 0 Å². The minimum absolute atomic E-state index is 0.331. The van der Waals surface area contributed by atoms with Crippen molar-refractivity contribution in [3.8, 4) is 0 Å². The fraction of sp³-hybridized carbons (Fsp3) is 0.692. The summed E-state index contributed by atoms with van der Waals surface area (Å²) < 4.78 is 0. The molecule has 0 aromatic carbocycles. The van der Waals surface area contributed by atoms with E-state index in [-0.39, 0.29) is 0 Å². The second kappa shape index (κ2) is 6.54. The molecule has 0 rings (SSSR count). The second-order valence-corrected chi connectivity index (χ2v) is 3.87. The van der Waals surface area contributed by atoms with E-state index in [4.69, 9.17) is 0 Å². The molecule has 1 atom stereocenters. The molecule has 88 valence electrons. The van der Waals surface area contributed by atoms with Crippen molar-refractivity contribution in [3.05, 3.63) is 24.6 Å². The average molecular weight is 210 g/mol. The van der Waals surface area contributed by atoms with Crippen molar-refractivity contribution in [2.24, 2.45) is 0 Å². The van der Waals surface area contributed by atoms with Crippen LogP contribution in [0.3, 0.4) is 0 Å². The number of hydrogen-bond donors (Lipinski definition) is 0. The van der Waals surface area contributed by atoms with E-state index in [1.807, 2.05) is 0 Å². The van der Waals surface area contributed by atoms with E-state index in [1.54, 1.807) is 0 Å². The number of nitrogens with zero attached hydrogens (tertiary/aromatic N) is 2. The molecule has 15 heavy (non-hydrogen) atoms. The Bertz CT molecular complexity index is 217. The maximum Gasteiger partial charge on any atom is 0.0649 e. The summed E-state index contributed by atoms with van der Waals surface area (Å²) in [5, 5.41) is 0. The molecule has 2 heteroatoms. The summed E-state index contributed by atoms with van der Waals surface area (Å²) in [4.78, 5) is 4.50. The molecule has 0 spiro atoms. The maximum atomic E-state index is 4.18. The normalized spacial score (nSPS) is 12.1. The van der Waals surface area contributed by atoms with Crippen molar-refractivity contribution in [2.75, 3.05) is 20.1 Å². The third-order valence-corrected chi connectivity index (χ3v) is 3.14. The van der Waals surface area contributed by atoms with Gasteiger partial charge in [0.2, 0.25) is 0 Å². The zero-order valence-corrected chi connectivity index (χ0v) is 11.0. The molecule has 0 aliphatic heterocycles. The predicted octanol–water partition coefficient (Wildman–Crippen LogP) is 3.09. The van der Waals surface area contributed by atoms with Gasteiger partial charge in [-0.25, -0.2) is 0 Å². The highest BCUT2D eigenvalue weighted by atomic mass is 15.2. The Hall–Kier alpha value is -0.920. The van der Waals surface area contributed by atoms with Gasteiger partial charge in [-0.2, -0.15) is 0 Å². The Balaban J connectivity index is 4.49. The lowest BCUT2D eigenvalue weighted by Gasteiger charge is -2.35. The lowest BCUT2D eigenvalue weighted by Crippen LogP contribution is -2.37. The molecule has 0 aliphatic carbocycles. The first-order valence-electron chi connectivity index (χ1n) is 5.83. The van der Waals surface area contributed by atoms with Gasteiger partial charge in [-0.3, -0.25) is 0 Å². The van der Waals surface area contributed by atoms with E-state index in [1.165, 1.54) is 5.70 Å². The molecule has 0 saturated heterocycles. The largest absolute Gasteiger partial charge is 0.374 e. The number of allylic oxidation sites excluding steroid dienone is 1. The first kappa shape index (κ1) is 14.1. The van der Waals surface area contributed by atoms with Crippen LogP contribution in [0.5, 0.6) is 0 Å². The van der Waals surface area contributed by atoms with E-state index in [0.29, 0.717) is 6.04 Å². The lowest BCUT2D eigenvalue weighted by atomic mass is 10.1. The Morgan fingerprint density at radius 2 is 1.60 bits per heavy atom. The van der Waals surface area contributed by atoms with Gasteiger partial charge in [-0.15, -0.1) is 0 Å². The van der Waals surface area contributed by atoms with Gasteiger partial charge in [-0.05, 0) is 27.2 Å². The molecule has 2 nitrogen and oxygen atoms in total. The third kappa shape index (κ3) is 3.61. The zero-order chi connectivity index (χ0) is 12.0. The first-order valence-corrected chi connectivity index (χ1v) is 5.83. The molecule has 0 heterocycles. The van der Waals surface area contributed by atoms with E-state index in [9.17, 15) is 0 Å². The topological polar surface area (TPSA) is 6.48 Å². The average Bonchev–Trinajstić information content (AvgIpc) is 2.27. The molecule has 0 fully saturated rings. The summed E-state index contributed by atoms with van der Waals surface area (Å²) in [6, 6.07) is 0.331. The number of hydrogen-bond acceptors (Lipinski definition) is 2. The molecule has 0 unspecified atom stereocenters. The Morgan fingerprint density at radius 3 is 1.93 bits per heavy atom. The van der Waals surface area contributed by atoms with Crippen LogP contribution >= 0.6 is 0 Å². The summed E-state index contributed by atoms with van der Waals surface area (Å²) in [5.41, 5.74) is 2.34. The monoisotopic (exact) mass is 210 g/mol. The van der Waals surface area contributed by atoms with Crippen molar-refractivity contribution >= 4 is 0 Å². The smallest absolute Gasteiger partial charge is 0.0649 e. The van der Waals surface area contributed by atoms with Crippen LogP contribution in [0.25, 0.3) is 0 Å². The molecular weight excluding hydrogens is 184 g/mol. The molecule has 0 saturated carbocycles. The number of rotatable bonds is 7. The van der Waals surface area contributed by atoms with Crippen LogP contribution in [0.4, 0.5) is 0 Å². The lowest BCUT2D eigenvalue weighted by molar-refractivity contribution is 0.270. The maximum absolute atomic E-state index is 4.18. The Morgan fingerprint density at radius 1 is 1.13 bits per heavy atom. The van der Waals surface area contributed by atoms with Gasteiger partial charge in [0.1, 0.15) is 0 Å². The molecule has 0 N–H and O–H groups in total. The van der Waals surface area contributed by atoms with Gasteiger partial charge in [0.05, 0.1) is 6.04 Å². The SMILES string of the molecule is C=C([C@@H](C)N(C)C(=C)CC)N(CC)CC. The summed E-state index contributed by atoms with van der Waals surface area (Å²) in [7, 11) is 2.09. The first-order chi connectivity index (χ1) is 6.99. The highest BCUT2D eigenvalue weighted by Crippen LogP contribution is 2.16. The molecule has 0 aliphatic rings. The van der Waals surface area contributed by atoms with Crippen LogP contribution < -0.4 is 0 Å². The summed E-state index contributed by atoms with van der Waals surface area (Å²) in [5.74, 6) is 0. The molecule has 0 amide bonds. The van der Waals surface area contributed by atoms with Crippen LogP contribution in [0.1, 0.15) is 34.1 Å². The fourth-order valence-corrected chi connectivity index (χ4v) is 1.64. The van der Waals surface area contributed by atoms with Crippen LogP contribution in [-0.4, -0.2) is 36.0 Å². The van der Waals surface area contributed by atoms with Crippen LogP contribution in [-0.2, 0) is 0 Å². The van der Waals surface area contributed by atoms with E-state index >= 15 is 0 Å². The quantitative estimate of drug-likeness (QED) is 0.637. The van der Waals surface area contributed by atoms with E-state index in [0.717, 1.165) is 25.2 Å². The fourth-order valence-electron chi connectivity index (χ4n) is 1.64. The zero-order valence-electron chi connectivity index (χ0n) is 11.0. The third-order valence-electron chi connectivity index (χ3n) is 3.14. The van der Waals surface area contributed by atoms with Gasteiger partial charge in [0.25, 0.3) is 0 Å². The molecule has 0 aromatic heterocycles. The minimum Gasteiger partial charge on any atom is -0.374 e. The van der Waals surface area contributed by atoms with Gasteiger partial charge in [0, 0.05) is 31.5 Å². The van der Waals surface area contributed by atoms with Crippen molar-refractivity contribution in [2.45, 2.75) is 40.2 Å². The molecular formula is C13H26N2. The summed E-state index contributed by atoms with van der Waals surface area (Å²) in [6.45, 7) is 18.9. The van der Waals surface area contributed by atoms with Crippen LogP contribution in [0, 0.1) is 0 Å². The standard InChI is InChI=1S/C13H26N2/c1-8-11(4)14(7)12(5)13(6)15(9-2)10-3/h12H,4,6,8-10H2,1-3,5,7H3/t12-/m1/s1. The summed E-state index contributed by atoms with van der Waals surface area (Å²) in [6.07, 6.45) is 0.992. The number of likely N-dealkylation sites (N-methyl/N-ethyl adjacent to an activating group) is 2. The second-order valence-electron chi connectivity index (χ2n) is 3.87. The van der Waals surface area contributed by atoms with Crippen molar-refractivity contribution in [3.63, 3.8) is 0 Å². The van der Waals surface area contributed by atoms with Crippen molar-refractivity contribution in [1.82, 2.24) is 9.80 Å². The highest BCUT2D eigenvalue weighted by molar-refractivity contribution is 5.08. The van der Waals surface area contributed by atoms with Gasteiger partial charge in [0.15, 0.2) is 0 Å². The van der Waals surface area contributed by atoms with E-state index in [2.05, 4.69) is 57.7 Å². The van der Waals surface area contributed by atoms with Crippen molar-refractivity contribution in [1.29, 1.82) is 0 Å². The van der Waals surface area contributed by atoms with Crippen molar-refractivity contribution < 1.29 is 0 Å². The molecule has 0 bridgehead atoms. The van der Waals surface area contributed by atoms with Gasteiger partial charge < -0.3 is 9.80 Å². The molecule has 0 radical (unpaired) electrons. The summed E-state index contributed by atoms with van der Waals surface area (Å²) >= 11 is 0. The Labute approximate surface area is 95.3 Å². The Kier molecular flexibility index (Phi) is 6.14. The molecule has 0 aromatic rings. The van der Waals surface area contributed by atoms with E-state index < -0.39 is 0 Å². The predicted molar refractivity (Wildman–Crippen MR) is 68.7 cm³/mol. The highest BCUT2D eigenvalue weighted by Gasteiger charge is 2.16. The van der Waals surface area contributed by atoms with Gasteiger partial charge in [-0.1, -0.05) is 20.1 Å². The van der Waals surface area contributed by atoms with Crippen LogP contribution in [0.15, 0.2) is 24.6 Å². The minimum atomic E-state index is 0.331. The van der Waals surface area contributed by atoms with Gasteiger partial charge >= 0.3 is 0 Å².